The van der Waals surface area contributed by atoms with E-state index in [0.29, 0.717) is 0 Å². The van der Waals surface area contributed by atoms with E-state index >= 15 is 0 Å². The van der Waals surface area contributed by atoms with Crippen molar-refractivity contribution >= 4 is 23.7 Å². The summed E-state index contributed by atoms with van der Waals surface area (Å²) in [6, 6.07) is -0.815. The average molecular weight is 339 g/mol. The minimum absolute atomic E-state index is 0.0701. The number of aromatic nitrogens is 3. The number of carbonyl (C=O) groups excluding carboxylic acids is 2. The Morgan fingerprint density at radius 1 is 1.23 bits per heavy atom. The van der Waals surface area contributed by atoms with E-state index in [1.54, 1.807) is 13.8 Å². The fourth-order valence-electron chi connectivity index (χ4n) is 1.39. The summed E-state index contributed by atoms with van der Waals surface area (Å²) < 4.78 is 38.5. The standard InChI is InChI=1S/C11H16F3N5O2S/c1-5(2)15-9(21)16-7(20)6(3)22-10-18-17-8(19(10)4)11(12,13)14/h5-6H,1-4H3,(H2,15,16,20,21)/t6-/m0/s1. The van der Waals surface area contributed by atoms with E-state index in [1.807, 2.05) is 0 Å². The number of urea groups is 1. The maximum absolute atomic E-state index is 12.6. The van der Waals surface area contributed by atoms with Gasteiger partial charge in [0.05, 0.1) is 5.25 Å². The minimum Gasteiger partial charge on any atom is -0.336 e. The smallest absolute Gasteiger partial charge is 0.336 e. The van der Waals surface area contributed by atoms with Crippen LogP contribution in [-0.2, 0) is 18.0 Å². The SMILES string of the molecule is CC(C)NC(=O)NC(=O)[C@H](C)Sc1nnc(C(F)(F)F)n1C. The van der Waals surface area contributed by atoms with Crippen molar-refractivity contribution < 1.29 is 22.8 Å². The molecule has 22 heavy (non-hydrogen) atoms. The number of nitrogens with one attached hydrogen (secondary N) is 2. The Balaban J connectivity index is 2.69. The van der Waals surface area contributed by atoms with Crippen molar-refractivity contribution in [1.82, 2.24) is 25.4 Å². The number of imide groups is 1. The molecule has 11 heteroatoms. The van der Waals surface area contributed by atoms with Crippen LogP contribution < -0.4 is 10.6 Å². The first-order valence-corrected chi connectivity index (χ1v) is 7.15. The molecule has 0 saturated heterocycles. The third-order valence-electron chi connectivity index (χ3n) is 2.40. The zero-order valence-corrected chi connectivity index (χ0v) is 13.2. The van der Waals surface area contributed by atoms with Crippen LogP contribution in [0, 0.1) is 0 Å². The van der Waals surface area contributed by atoms with Gasteiger partial charge in [0, 0.05) is 13.1 Å². The lowest BCUT2D eigenvalue weighted by Gasteiger charge is -2.13. The monoisotopic (exact) mass is 339 g/mol. The highest BCUT2D eigenvalue weighted by Crippen LogP contribution is 2.30. The van der Waals surface area contributed by atoms with Gasteiger partial charge in [0.1, 0.15) is 0 Å². The topological polar surface area (TPSA) is 88.9 Å². The Hall–Kier alpha value is -1.78. The Morgan fingerprint density at radius 3 is 2.27 bits per heavy atom. The lowest BCUT2D eigenvalue weighted by atomic mass is 10.4. The molecule has 124 valence electrons. The molecular weight excluding hydrogens is 323 g/mol. The van der Waals surface area contributed by atoms with Crippen LogP contribution in [-0.4, -0.2) is 38.0 Å². The maximum atomic E-state index is 12.6. The maximum Gasteiger partial charge on any atom is 0.451 e. The lowest BCUT2D eigenvalue weighted by molar-refractivity contribution is -0.147. The molecule has 1 heterocycles. The van der Waals surface area contributed by atoms with Gasteiger partial charge in [-0.25, -0.2) is 4.79 Å². The number of carbonyl (C=O) groups is 2. The first-order valence-electron chi connectivity index (χ1n) is 6.27. The Labute approximate surface area is 129 Å². The molecule has 1 rings (SSSR count). The van der Waals surface area contributed by atoms with Crippen LogP contribution in [0.1, 0.15) is 26.6 Å². The third kappa shape index (κ3) is 4.90. The molecule has 1 aromatic rings. The molecule has 0 unspecified atom stereocenters. The van der Waals surface area contributed by atoms with Crippen LogP contribution in [0.25, 0.3) is 0 Å². The number of nitrogens with zero attached hydrogens (tertiary/aromatic N) is 3. The van der Waals surface area contributed by atoms with Crippen LogP contribution in [0.15, 0.2) is 5.16 Å². The molecule has 1 atom stereocenters. The summed E-state index contributed by atoms with van der Waals surface area (Å²) in [5, 5.41) is 10.1. The fraction of sp³-hybridized carbons (Fsp3) is 0.636. The van der Waals surface area contributed by atoms with Crippen LogP contribution in [0.5, 0.6) is 0 Å². The predicted molar refractivity (Wildman–Crippen MR) is 73.1 cm³/mol. The number of amides is 3. The van der Waals surface area contributed by atoms with Gasteiger partial charge in [-0.05, 0) is 20.8 Å². The van der Waals surface area contributed by atoms with Crippen molar-refractivity contribution in [2.45, 2.75) is 43.4 Å². The van der Waals surface area contributed by atoms with Gasteiger partial charge in [-0.2, -0.15) is 13.2 Å². The van der Waals surface area contributed by atoms with Crippen molar-refractivity contribution in [2.24, 2.45) is 7.05 Å². The summed E-state index contributed by atoms with van der Waals surface area (Å²) >= 11 is 0.773. The Bertz CT molecular complexity index is 558. The Morgan fingerprint density at radius 2 is 1.82 bits per heavy atom. The van der Waals surface area contributed by atoms with E-state index in [4.69, 9.17) is 0 Å². The molecule has 0 spiro atoms. The largest absolute Gasteiger partial charge is 0.451 e. The van der Waals surface area contributed by atoms with E-state index in [2.05, 4.69) is 20.8 Å². The van der Waals surface area contributed by atoms with Crippen LogP contribution >= 0.6 is 11.8 Å². The van der Waals surface area contributed by atoms with Crippen molar-refractivity contribution in [3.05, 3.63) is 5.82 Å². The van der Waals surface area contributed by atoms with E-state index in [0.717, 1.165) is 23.4 Å². The first kappa shape index (κ1) is 18.3. The van der Waals surface area contributed by atoms with E-state index in [-0.39, 0.29) is 11.2 Å². The summed E-state index contributed by atoms with van der Waals surface area (Å²) in [4.78, 5) is 23.2. The van der Waals surface area contributed by atoms with Gasteiger partial charge >= 0.3 is 12.2 Å². The lowest BCUT2D eigenvalue weighted by Crippen LogP contribution is -2.45. The molecular formula is C11H16F3N5O2S. The average Bonchev–Trinajstić information content (AvgIpc) is 2.69. The van der Waals surface area contributed by atoms with Crippen LogP contribution in [0.3, 0.4) is 0 Å². The second-order valence-electron chi connectivity index (χ2n) is 4.74. The minimum atomic E-state index is -4.62. The van der Waals surface area contributed by atoms with Gasteiger partial charge in [0.2, 0.25) is 11.7 Å². The Kier molecular flexibility index (Phi) is 5.80. The molecule has 0 fully saturated rings. The number of alkyl halides is 3. The van der Waals surface area contributed by atoms with E-state index < -0.39 is 29.2 Å². The molecule has 3 amide bonds. The molecule has 0 aromatic carbocycles. The molecule has 0 bridgehead atoms. The first-order chi connectivity index (χ1) is 10.0. The summed E-state index contributed by atoms with van der Waals surface area (Å²) in [5.41, 5.74) is 0. The molecule has 0 aliphatic heterocycles. The molecule has 2 N–H and O–H groups in total. The molecule has 0 saturated carbocycles. The van der Waals surface area contributed by atoms with Crippen LogP contribution in [0.2, 0.25) is 0 Å². The van der Waals surface area contributed by atoms with E-state index in [9.17, 15) is 22.8 Å². The molecule has 1 aromatic heterocycles. The van der Waals surface area contributed by atoms with Crippen molar-refractivity contribution in [3.8, 4) is 0 Å². The van der Waals surface area contributed by atoms with Gasteiger partial charge in [-0.15, -0.1) is 10.2 Å². The van der Waals surface area contributed by atoms with Gasteiger partial charge < -0.3 is 9.88 Å². The molecule has 0 radical (unpaired) electrons. The van der Waals surface area contributed by atoms with Gasteiger partial charge in [0.15, 0.2) is 5.16 Å². The van der Waals surface area contributed by atoms with E-state index in [1.165, 1.54) is 6.92 Å². The zero-order chi connectivity index (χ0) is 17.1. The quantitative estimate of drug-likeness (QED) is 0.813. The number of rotatable bonds is 4. The van der Waals surface area contributed by atoms with Crippen molar-refractivity contribution in [1.29, 1.82) is 0 Å². The number of hydrogen-bond donors (Lipinski definition) is 2. The summed E-state index contributed by atoms with van der Waals surface area (Å²) in [7, 11) is 1.15. The number of halogens is 3. The third-order valence-corrected chi connectivity index (χ3v) is 3.53. The highest BCUT2D eigenvalue weighted by atomic mass is 32.2. The highest BCUT2D eigenvalue weighted by Gasteiger charge is 2.38. The summed E-state index contributed by atoms with van der Waals surface area (Å²) in [5.74, 6) is -1.79. The molecule has 7 nitrogen and oxygen atoms in total. The van der Waals surface area contributed by atoms with Gasteiger partial charge in [-0.3, -0.25) is 10.1 Å². The zero-order valence-electron chi connectivity index (χ0n) is 12.4. The molecule has 0 aliphatic carbocycles. The number of hydrogen-bond acceptors (Lipinski definition) is 5. The predicted octanol–water partition coefficient (Wildman–Crippen LogP) is 1.55. The molecule has 0 aliphatic rings. The number of thioether (sulfide) groups is 1. The van der Waals surface area contributed by atoms with Crippen LogP contribution in [0.4, 0.5) is 18.0 Å². The second-order valence-corrected chi connectivity index (χ2v) is 6.05. The second kappa shape index (κ2) is 6.99. The van der Waals surface area contributed by atoms with Crippen molar-refractivity contribution in [2.75, 3.05) is 0 Å². The van der Waals surface area contributed by atoms with Gasteiger partial charge in [0.25, 0.3) is 0 Å². The normalized spacial score (nSPS) is 13.1. The summed E-state index contributed by atoms with van der Waals surface area (Å²) in [6.07, 6.45) is -4.62. The summed E-state index contributed by atoms with van der Waals surface area (Å²) in [6.45, 7) is 4.89. The van der Waals surface area contributed by atoms with Crippen molar-refractivity contribution in [3.63, 3.8) is 0 Å². The fourth-order valence-corrected chi connectivity index (χ4v) is 2.20. The van der Waals surface area contributed by atoms with Gasteiger partial charge in [-0.1, -0.05) is 11.8 Å². The highest BCUT2D eigenvalue weighted by molar-refractivity contribution is 8.00.